The van der Waals surface area contributed by atoms with E-state index in [1.807, 2.05) is 18.2 Å². The van der Waals surface area contributed by atoms with Crippen LogP contribution in [0.25, 0.3) is 11.0 Å². The van der Waals surface area contributed by atoms with E-state index in [2.05, 4.69) is 29.3 Å². The van der Waals surface area contributed by atoms with Crippen molar-refractivity contribution in [2.24, 2.45) is 10.9 Å². The summed E-state index contributed by atoms with van der Waals surface area (Å²) in [6.45, 7) is 5.18. The van der Waals surface area contributed by atoms with Crippen LogP contribution in [0.3, 0.4) is 0 Å². The predicted octanol–water partition coefficient (Wildman–Crippen LogP) is 3.44. The van der Waals surface area contributed by atoms with Gasteiger partial charge in [-0.1, -0.05) is 18.2 Å². The molecule has 1 N–H and O–H groups in total. The number of likely N-dealkylation sites (tertiary alicyclic amines) is 1. The molecule has 3 rings (SSSR count). The molecule has 1 aliphatic rings. The molecule has 1 aliphatic heterocycles. The Morgan fingerprint density at radius 3 is 2.74 bits per heavy atom. The van der Waals surface area contributed by atoms with Gasteiger partial charge in [-0.3, -0.25) is 9.79 Å². The second-order valence-electron chi connectivity index (χ2n) is 6.52. The molecule has 0 aliphatic carbocycles. The van der Waals surface area contributed by atoms with Crippen molar-refractivity contribution >= 4 is 46.9 Å². The number of aliphatic imine (C=N–C) groups is 1. The third-order valence-corrected chi connectivity index (χ3v) is 4.76. The summed E-state index contributed by atoms with van der Waals surface area (Å²) in [6, 6.07) is 10.1. The average Bonchev–Trinajstić information content (AvgIpc) is 3.09. The molecule has 6 nitrogen and oxygen atoms in total. The maximum Gasteiger partial charge on any atom is 0.308 e. The molecule has 1 fully saturated rings. The van der Waals surface area contributed by atoms with Crippen LogP contribution in [0.4, 0.5) is 0 Å². The minimum atomic E-state index is -0.100. The number of halogens is 1. The highest BCUT2D eigenvalue weighted by Gasteiger charge is 2.26. The summed E-state index contributed by atoms with van der Waals surface area (Å²) in [7, 11) is 1.46. The van der Waals surface area contributed by atoms with Gasteiger partial charge in [-0.05, 0) is 31.9 Å². The highest BCUT2D eigenvalue weighted by molar-refractivity contribution is 14.0. The molecular formula is C20H28IN3O3. The minimum absolute atomic E-state index is 0. The van der Waals surface area contributed by atoms with E-state index in [1.54, 1.807) is 0 Å². The molecule has 0 spiro atoms. The van der Waals surface area contributed by atoms with Gasteiger partial charge in [0.1, 0.15) is 11.3 Å². The zero-order valence-electron chi connectivity index (χ0n) is 15.9. The number of nitrogens with zero attached hydrogens (tertiary/aromatic N) is 2. The number of hydrogen-bond donors (Lipinski definition) is 1. The Hall–Kier alpha value is -1.77. The van der Waals surface area contributed by atoms with Gasteiger partial charge in [0.05, 0.1) is 13.0 Å². The van der Waals surface area contributed by atoms with Gasteiger partial charge in [-0.25, -0.2) is 0 Å². The highest BCUT2D eigenvalue weighted by atomic mass is 127. The van der Waals surface area contributed by atoms with E-state index in [0.29, 0.717) is 6.54 Å². The number of piperidine rings is 1. The minimum Gasteiger partial charge on any atom is -0.469 e. The van der Waals surface area contributed by atoms with Gasteiger partial charge in [0.2, 0.25) is 0 Å². The largest absolute Gasteiger partial charge is 0.469 e. The number of carbonyl (C=O) groups is 1. The van der Waals surface area contributed by atoms with Crippen LogP contribution in [-0.4, -0.2) is 50.1 Å². The lowest BCUT2D eigenvalue weighted by atomic mass is 9.97. The number of rotatable bonds is 5. The van der Waals surface area contributed by atoms with Gasteiger partial charge < -0.3 is 19.4 Å². The van der Waals surface area contributed by atoms with E-state index in [9.17, 15) is 4.79 Å². The van der Waals surface area contributed by atoms with Crippen LogP contribution in [0, 0.1) is 5.92 Å². The molecule has 0 bridgehead atoms. The molecule has 2 heterocycles. The Morgan fingerprint density at radius 1 is 1.33 bits per heavy atom. The van der Waals surface area contributed by atoms with E-state index in [1.165, 1.54) is 7.11 Å². The number of furan rings is 1. The fourth-order valence-corrected chi connectivity index (χ4v) is 3.35. The summed E-state index contributed by atoms with van der Waals surface area (Å²) in [5.41, 5.74) is 0.920. The number of methoxy groups -OCH3 is 1. The molecule has 1 aromatic carbocycles. The maximum atomic E-state index is 11.7. The molecule has 0 saturated carbocycles. The van der Waals surface area contributed by atoms with Gasteiger partial charge >= 0.3 is 5.97 Å². The van der Waals surface area contributed by atoms with Gasteiger partial charge in [0.25, 0.3) is 0 Å². The summed E-state index contributed by atoms with van der Waals surface area (Å²) in [5.74, 6) is 1.77. The number of esters is 1. The number of benzene rings is 1. The molecule has 1 aromatic heterocycles. The zero-order chi connectivity index (χ0) is 18.4. The lowest BCUT2D eigenvalue weighted by molar-refractivity contribution is -0.146. The monoisotopic (exact) mass is 485 g/mol. The van der Waals surface area contributed by atoms with E-state index in [-0.39, 0.29) is 35.9 Å². The van der Waals surface area contributed by atoms with E-state index < -0.39 is 0 Å². The molecule has 2 aromatic rings. The fourth-order valence-electron chi connectivity index (χ4n) is 3.35. The fraction of sp³-hybridized carbons (Fsp3) is 0.500. The Kier molecular flexibility index (Phi) is 8.40. The van der Waals surface area contributed by atoms with Crippen molar-refractivity contribution < 1.29 is 13.9 Å². The first kappa shape index (κ1) is 21.5. The number of hydrogen-bond acceptors (Lipinski definition) is 4. The zero-order valence-corrected chi connectivity index (χ0v) is 18.3. The predicted molar refractivity (Wildman–Crippen MR) is 118 cm³/mol. The number of nitrogens with one attached hydrogen (secondary N) is 1. The summed E-state index contributed by atoms with van der Waals surface area (Å²) < 4.78 is 10.7. The first-order chi connectivity index (χ1) is 12.7. The third-order valence-electron chi connectivity index (χ3n) is 4.76. The van der Waals surface area contributed by atoms with E-state index in [0.717, 1.165) is 61.6 Å². The Bertz CT molecular complexity index is 734. The summed E-state index contributed by atoms with van der Waals surface area (Å²) >= 11 is 0. The van der Waals surface area contributed by atoms with E-state index in [4.69, 9.17) is 14.1 Å². The molecule has 0 unspecified atom stereocenters. The normalized spacial score (nSPS) is 15.5. The first-order valence-electron chi connectivity index (χ1n) is 9.29. The van der Waals surface area contributed by atoms with Gasteiger partial charge in [0, 0.05) is 38.0 Å². The maximum absolute atomic E-state index is 11.7. The van der Waals surface area contributed by atoms with Gasteiger partial charge in [-0.15, -0.1) is 24.0 Å². The molecule has 148 valence electrons. The standard InChI is InChI=1S/C20H27N3O3.HI/c1-3-21-20(23-12-9-15(10-13-23)19(24)25-2)22-11-8-17-14-16-6-4-5-7-18(16)26-17;/h4-7,14-15H,3,8-13H2,1-2H3,(H,21,22);1H. The van der Waals surface area contributed by atoms with Crippen LogP contribution < -0.4 is 5.32 Å². The highest BCUT2D eigenvalue weighted by Crippen LogP contribution is 2.20. The van der Waals surface area contributed by atoms with Crippen molar-refractivity contribution in [2.75, 3.05) is 33.3 Å². The molecule has 1 saturated heterocycles. The molecule has 0 radical (unpaired) electrons. The van der Waals surface area contributed by atoms with Crippen molar-refractivity contribution in [1.82, 2.24) is 10.2 Å². The first-order valence-corrected chi connectivity index (χ1v) is 9.29. The molecule has 0 atom stereocenters. The van der Waals surface area contributed by atoms with Gasteiger partial charge in [-0.2, -0.15) is 0 Å². The van der Waals surface area contributed by atoms with Gasteiger partial charge in [0.15, 0.2) is 5.96 Å². The Labute approximate surface area is 177 Å². The van der Waals surface area contributed by atoms with E-state index >= 15 is 0 Å². The van der Waals surface area contributed by atoms with Crippen molar-refractivity contribution in [3.8, 4) is 0 Å². The average molecular weight is 485 g/mol. The van der Waals surface area contributed by atoms with Crippen molar-refractivity contribution in [3.63, 3.8) is 0 Å². The number of ether oxygens (including phenoxy) is 1. The lowest BCUT2D eigenvalue weighted by Gasteiger charge is -2.33. The molecule has 7 heteroatoms. The van der Waals surface area contributed by atoms with Crippen LogP contribution in [0.1, 0.15) is 25.5 Å². The molecular weight excluding hydrogens is 457 g/mol. The Morgan fingerprint density at radius 2 is 2.07 bits per heavy atom. The van der Waals surface area contributed by atoms with Crippen LogP contribution >= 0.6 is 24.0 Å². The SMILES string of the molecule is CCNC(=NCCc1cc2ccccc2o1)N1CCC(C(=O)OC)CC1.I. The van der Waals surface area contributed by atoms with Crippen LogP contribution in [0.2, 0.25) is 0 Å². The topological polar surface area (TPSA) is 67.1 Å². The van der Waals surface area contributed by atoms with Crippen molar-refractivity contribution in [1.29, 1.82) is 0 Å². The molecule has 27 heavy (non-hydrogen) atoms. The third kappa shape index (κ3) is 5.60. The second kappa shape index (κ2) is 10.5. The quantitative estimate of drug-likeness (QED) is 0.304. The second-order valence-corrected chi connectivity index (χ2v) is 6.52. The van der Waals surface area contributed by atoms with Crippen molar-refractivity contribution in [2.45, 2.75) is 26.2 Å². The lowest BCUT2D eigenvalue weighted by Crippen LogP contribution is -2.46. The number of para-hydroxylation sites is 1. The molecule has 0 amide bonds. The number of carbonyl (C=O) groups excluding carboxylic acids is 1. The summed E-state index contributed by atoms with van der Waals surface area (Å²) in [4.78, 5) is 18.6. The smallest absolute Gasteiger partial charge is 0.308 e. The summed E-state index contributed by atoms with van der Waals surface area (Å²) in [5, 5.41) is 4.48. The van der Waals surface area contributed by atoms with Crippen molar-refractivity contribution in [3.05, 3.63) is 36.1 Å². The van der Waals surface area contributed by atoms with Crippen LogP contribution in [0.5, 0.6) is 0 Å². The van der Waals surface area contributed by atoms with Crippen LogP contribution in [0.15, 0.2) is 39.7 Å². The number of fused-ring (bicyclic) bond motifs is 1. The number of guanidine groups is 1. The van der Waals surface area contributed by atoms with Crippen LogP contribution in [-0.2, 0) is 16.0 Å². The summed E-state index contributed by atoms with van der Waals surface area (Å²) in [6.07, 6.45) is 2.38. The Balaban J connectivity index is 0.00000261.